The molecule has 0 radical (unpaired) electrons. The lowest BCUT2D eigenvalue weighted by atomic mass is 9.77. The Morgan fingerprint density at radius 1 is 1.14 bits per heavy atom. The van der Waals surface area contributed by atoms with Gasteiger partial charge in [0.2, 0.25) is 0 Å². The van der Waals surface area contributed by atoms with Crippen LogP contribution in [0.4, 0.5) is 0 Å². The third kappa shape index (κ3) is 3.02. The molecule has 112 valence electrons. The van der Waals surface area contributed by atoms with Crippen LogP contribution in [0.15, 0.2) is 60.2 Å². The highest BCUT2D eigenvalue weighted by Crippen LogP contribution is 2.37. The minimum absolute atomic E-state index is 0.120. The number of rotatable bonds is 3. The predicted octanol–water partition coefficient (Wildman–Crippen LogP) is 3.51. The molecule has 0 saturated carbocycles. The summed E-state index contributed by atoms with van der Waals surface area (Å²) in [5.74, 6) is 1.59. The molecule has 2 aromatic carbocycles. The fraction of sp³-hybridized carbons (Fsp3) is 0.222. The molecule has 0 amide bonds. The van der Waals surface area contributed by atoms with Crippen molar-refractivity contribution in [3.05, 3.63) is 65.7 Å². The lowest BCUT2D eigenvalue weighted by Gasteiger charge is -2.30. The predicted molar refractivity (Wildman–Crippen MR) is 88.7 cm³/mol. The van der Waals surface area contributed by atoms with Crippen molar-refractivity contribution in [2.75, 3.05) is 7.11 Å². The first-order chi connectivity index (χ1) is 10.7. The highest BCUT2D eigenvalue weighted by Gasteiger charge is 2.34. The van der Waals surface area contributed by atoms with E-state index in [1.165, 1.54) is 5.57 Å². The topological polar surface area (TPSA) is 27.7 Å². The first kappa shape index (κ1) is 14.7. The maximum absolute atomic E-state index is 6.14. The minimum Gasteiger partial charge on any atom is -0.532 e. The maximum Gasteiger partial charge on any atom is 0.563 e. The molecule has 0 aromatic heterocycles. The summed E-state index contributed by atoms with van der Waals surface area (Å²) in [4.78, 5) is 0. The van der Waals surface area contributed by atoms with Crippen molar-refractivity contribution in [3.63, 3.8) is 0 Å². The zero-order valence-corrected chi connectivity index (χ0v) is 13.1. The summed E-state index contributed by atoms with van der Waals surface area (Å²) in [6.07, 6.45) is 1.99. The van der Waals surface area contributed by atoms with Crippen LogP contribution in [0.25, 0.3) is 0 Å². The van der Waals surface area contributed by atoms with Crippen LogP contribution in [0.1, 0.15) is 25.5 Å². The molecule has 1 unspecified atom stereocenters. The summed E-state index contributed by atoms with van der Waals surface area (Å²) in [6.45, 7) is 4.14. The molecule has 22 heavy (non-hydrogen) atoms. The van der Waals surface area contributed by atoms with E-state index in [-0.39, 0.29) is 6.10 Å². The van der Waals surface area contributed by atoms with Crippen molar-refractivity contribution in [1.29, 1.82) is 0 Å². The summed E-state index contributed by atoms with van der Waals surface area (Å²) in [7, 11) is 1.24. The van der Waals surface area contributed by atoms with Gasteiger partial charge in [-0.3, -0.25) is 0 Å². The Balaban J connectivity index is 2.01. The van der Waals surface area contributed by atoms with Gasteiger partial charge < -0.3 is 14.0 Å². The van der Waals surface area contributed by atoms with Gasteiger partial charge in [-0.2, -0.15) is 0 Å². The molecule has 0 bridgehead atoms. The number of benzene rings is 2. The molecule has 1 atom stereocenters. The normalized spacial score (nSPS) is 16.5. The number of hydrogen-bond donors (Lipinski definition) is 0. The number of ether oxygens (including phenoxy) is 1. The van der Waals surface area contributed by atoms with Gasteiger partial charge in [-0.1, -0.05) is 42.0 Å². The molecule has 0 spiro atoms. The van der Waals surface area contributed by atoms with Crippen molar-refractivity contribution in [2.24, 2.45) is 0 Å². The molecule has 1 heterocycles. The van der Waals surface area contributed by atoms with E-state index in [4.69, 9.17) is 14.0 Å². The Labute approximate surface area is 131 Å². The molecular weight excluding hydrogens is 275 g/mol. The van der Waals surface area contributed by atoms with Gasteiger partial charge in [0.15, 0.2) is 0 Å². The number of fused-ring (bicyclic) bond motifs is 1. The molecule has 4 heteroatoms. The fourth-order valence-corrected chi connectivity index (χ4v) is 2.52. The summed E-state index contributed by atoms with van der Waals surface area (Å²) in [5.41, 5.74) is 3.23. The molecule has 1 aliphatic rings. The van der Waals surface area contributed by atoms with Crippen LogP contribution < -0.4 is 14.9 Å². The number of methoxy groups -OCH3 is 1. The summed E-state index contributed by atoms with van der Waals surface area (Å²) >= 11 is 0. The third-order valence-electron chi connectivity index (χ3n) is 3.59. The number of allylic oxidation sites excluding steroid dienone is 1. The van der Waals surface area contributed by atoms with Crippen LogP contribution in [-0.4, -0.2) is 14.2 Å². The lowest BCUT2D eigenvalue weighted by molar-refractivity contribution is 0.196. The first-order valence-corrected chi connectivity index (χ1v) is 7.37. The fourth-order valence-electron chi connectivity index (χ4n) is 2.52. The average molecular weight is 294 g/mol. The molecule has 0 fully saturated rings. The lowest BCUT2D eigenvalue weighted by Crippen LogP contribution is -2.43. The van der Waals surface area contributed by atoms with E-state index in [1.54, 1.807) is 7.11 Å². The molecule has 0 saturated heterocycles. The highest BCUT2D eigenvalue weighted by molar-refractivity contribution is 6.62. The van der Waals surface area contributed by atoms with E-state index in [0.29, 0.717) is 0 Å². The SMILES string of the molecule is COc1ccc2c(c1)OB(c1ccccc1)OC2C=C(C)C. The van der Waals surface area contributed by atoms with Crippen LogP contribution in [-0.2, 0) is 4.65 Å². The smallest absolute Gasteiger partial charge is 0.532 e. The Morgan fingerprint density at radius 2 is 1.91 bits per heavy atom. The van der Waals surface area contributed by atoms with E-state index in [2.05, 4.69) is 19.9 Å². The molecule has 1 aliphatic heterocycles. The van der Waals surface area contributed by atoms with Crippen molar-refractivity contribution in [2.45, 2.75) is 20.0 Å². The monoisotopic (exact) mass is 294 g/mol. The van der Waals surface area contributed by atoms with Crippen molar-refractivity contribution < 1.29 is 14.0 Å². The summed E-state index contributed by atoms with van der Waals surface area (Å²) in [5, 5.41) is 0. The Hall–Kier alpha value is -2.20. The van der Waals surface area contributed by atoms with E-state index in [9.17, 15) is 0 Å². The Morgan fingerprint density at radius 3 is 2.59 bits per heavy atom. The van der Waals surface area contributed by atoms with Crippen molar-refractivity contribution in [1.82, 2.24) is 0 Å². The second kappa shape index (κ2) is 6.28. The third-order valence-corrected chi connectivity index (χ3v) is 3.59. The molecule has 0 aliphatic carbocycles. The zero-order valence-electron chi connectivity index (χ0n) is 13.1. The van der Waals surface area contributed by atoms with E-state index in [1.807, 2.05) is 48.5 Å². The molecule has 3 rings (SSSR count). The van der Waals surface area contributed by atoms with Crippen LogP contribution in [0.3, 0.4) is 0 Å². The van der Waals surface area contributed by atoms with E-state index in [0.717, 1.165) is 22.5 Å². The summed E-state index contributed by atoms with van der Waals surface area (Å²) < 4.78 is 17.5. The van der Waals surface area contributed by atoms with Crippen LogP contribution >= 0.6 is 0 Å². The van der Waals surface area contributed by atoms with Gasteiger partial charge in [-0.15, -0.1) is 0 Å². The standard InChI is InChI=1S/C18H19BO3/c1-13(2)11-17-16-10-9-15(20-3)12-18(16)22-19(21-17)14-7-5-4-6-8-14/h4-12,17H,1-3H3. The molecule has 2 aromatic rings. The maximum atomic E-state index is 6.14. The van der Waals surface area contributed by atoms with Gasteiger partial charge in [-0.25, -0.2) is 0 Å². The minimum atomic E-state index is -0.415. The molecular formula is C18H19BO3. The molecule has 3 nitrogen and oxygen atoms in total. The zero-order chi connectivity index (χ0) is 15.5. The van der Waals surface area contributed by atoms with Gasteiger partial charge in [0.05, 0.1) is 13.2 Å². The second-order valence-electron chi connectivity index (χ2n) is 5.56. The van der Waals surface area contributed by atoms with Gasteiger partial charge in [0.1, 0.15) is 11.5 Å². The largest absolute Gasteiger partial charge is 0.563 e. The van der Waals surface area contributed by atoms with Gasteiger partial charge in [-0.05, 0) is 31.4 Å². The van der Waals surface area contributed by atoms with Crippen molar-refractivity contribution in [3.8, 4) is 11.5 Å². The van der Waals surface area contributed by atoms with Crippen LogP contribution in [0.2, 0.25) is 0 Å². The Bertz CT molecular complexity index is 678. The van der Waals surface area contributed by atoms with Crippen LogP contribution in [0, 0.1) is 0 Å². The van der Waals surface area contributed by atoms with Gasteiger partial charge in [0.25, 0.3) is 0 Å². The average Bonchev–Trinajstić information content (AvgIpc) is 2.54. The highest BCUT2D eigenvalue weighted by atomic mass is 16.6. The second-order valence-corrected chi connectivity index (χ2v) is 5.56. The van der Waals surface area contributed by atoms with Gasteiger partial charge in [0, 0.05) is 11.6 Å². The van der Waals surface area contributed by atoms with Crippen molar-refractivity contribution >= 4 is 12.6 Å². The van der Waals surface area contributed by atoms with Gasteiger partial charge >= 0.3 is 7.12 Å². The van der Waals surface area contributed by atoms with E-state index >= 15 is 0 Å². The number of hydrogen-bond acceptors (Lipinski definition) is 3. The van der Waals surface area contributed by atoms with E-state index < -0.39 is 7.12 Å². The molecule has 0 N–H and O–H groups in total. The Kier molecular flexibility index (Phi) is 4.21. The van der Waals surface area contributed by atoms with Crippen LogP contribution in [0.5, 0.6) is 11.5 Å². The quantitative estimate of drug-likeness (QED) is 0.640. The first-order valence-electron chi connectivity index (χ1n) is 7.37. The summed E-state index contributed by atoms with van der Waals surface area (Å²) in [6, 6.07) is 15.8.